The Balaban J connectivity index is 2.02. The van der Waals surface area contributed by atoms with E-state index in [0.717, 1.165) is 31.0 Å². The molecule has 1 fully saturated rings. The van der Waals surface area contributed by atoms with Crippen LogP contribution in [0.2, 0.25) is 0 Å². The monoisotopic (exact) mass is 222 g/mol. The largest absolute Gasteiger partial charge is 0.490 e. The van der Waals surface area contributed by atoms with Crippen molar-refractivity contribution in [1.82, 2.24) is 9.88 Å². The summed E-state index contributed by atoms with van der Waals surface area (Å²) in [4.78, 5) is 6.34. The molecule has 0 aliphatic carbocycles. The first kappa shape index (κ1) is 11.2. The van der Waals surface area contributed by atoms with E-state index >= 15 is 0 Å². The number of likely N-dealkylation sites (tertiary alicyclic amines) is 1. The molecule has 2 heterocycles. The van der Waals surface area contributed by atoms with Crippen LogP contribution in [0.15, 0.2) is 18.5 Å². The van der Waals surface area contributed by atoms with Crippen LogP contribution >= 0.6 is 0 Å². The van der Waals surface area contributed by atoms with E-state index in [-0.39, 0.29) is 6.10 Å². The Labute approximate surface area is 96.2 Å². The Morgan fingerprint density at radius 1 is 1.50 bits per heavy atom. The van der Waals surface area contributed by atoms with Gasteiger partial charge < -0.3 is 14.4 Å². The van der Waals surface area contributed by atoms with Gasteiger partial charge in [-0.2, -0.15) is 0 Å². The molecule has 0 saturated carbocycles. The molecular weight excluding hydrogens is 204 g/mol. The first-order chi connectivity index (χ1) is 7.79. The second kappa shape index (κ2) is 5.16. The van der Waals surface area contributed by atoms with Gasteiger partial charge in [0.05, 0.1) is 12.8 Å². The fourth-order valence-electron chi connectivity index (χ4n) is 1.90. The quantitative estimate of drug-likeness (QED) is 0.774. The van der Waals surface area contributed by atoms with Crippen molar-refractivity contribution in [2.24, 2.45) is 0 Å². The fourth-order valence-corrected chi connectivity index (χ4v) is 1.90. The Morgan fingerprint density at radius 2 is 2.38 bits per heavy atom. The molecular formula is C12H18N2O2. The molecule has 2 rings (SSSR count). The molecule has 4 heteroatoms. The lowest BCUT2D eigenvalue weighted by Crippen LogP contribution is -2.21. The van der Waals surface area contributed by atoms with Gasteiger partial charge in [0.2, 0.25) is 0 Å². The summed E-state index contributed by atoms with van der Waals surface area (Å²) in [6, 6.07) is 1.84. The summed E-state index contributed by atoms with van der Waals surface area (Å²) >= 11 is 0. The van der Waals surface area contributed by atoms with Crippen LogP contribution < -0.4 is 9.47 Å². The fraction of sp³-hybridized carbons (Fsp3) is 0.583. The Kier molecular flexibility index (Phi) is 3.62. The van der Waals surface area contributed by atoms with Crippen LogP contribution in [0, 0.1) is 0 Å². The standard InChI is InChI=1S/C12H18N2O2/c1-3-15-11-4-6-13-8-12(11)16-10-5-7-14(2)9-10/h4,6,8,10H,3,5,7,9H2,1-2H3. The second-order valence-corrected chi connectivity index (χ2v) is 4.05. The van der Waals surface area contributed by atoms with Crippen molar-refractivity contribution in [2.75, 3.05) is 26.7 Å². The molecule has 0 amide bonds. The third kappa shape index (κ3) is 2.64. The van der Waals surface area contributed by atoms with Crippen molar-refractivity contribution >= 4 is 0 Å². The van der Waals surface area contributed by atoms with Gasteiger partial charge in [-0.3, -0.25) is 4.98 Å². The van der Waals surface area contributed by atoms with Crippen LogP contribution in [-0.2, 0) is 0 Å². The van der Waals surface area contributed by atoms with Crippen molar-refractivity contribution in [3.63, 3.8) is 0 Å². The molecule has 1 saturated heterocycles. The van der Waals surface area contributed by atoms with Crippen molar-refractivity contribution < 1.29 is 9.47 Å². The first-order valence-corrected chi connectivity index (χ1v) is 5.71. The van der Waals surface area contributed by atoms with Gasteiger partial charge in [0.25, 0.3) is 0 Å². The number of likely N-dealkylation sites (N-methyl/N-ethyl adjacent to an activating group) is 1. The summed E-state index contributed by atoms with van der Waals surface area (Å²) < 4.78 is 11.4. The molecule has 0 bridgehead atoms. The lowest BCUT2D eigenvalue weighted by atomic mass is 10.3. The Hall–Kier alpha value is -1.29. The first-order valence-electron chi connectivity index (χ1n) is 5.71. The zero-order valence-electron chi connectivity index (χ0n) is 9.85. The number of rotatable bonds is 4. The number of nitrogens with zero attached hydrogens (tertiary/aromatic N) is 2. The van der Waals surface area contributed by atoms with Crippen LogP contribution in [0.25, 0.3) is 0 Å². The zero-order chi connectivity index (χ0) is 11.4. The third-order valence-corrected chi connectivity index (χ3v) is 2.69. The lowest BCUT2D eigenvalue weighted by Gasteiger charge is -2.16. The van der Waals surface area contributed by atoms with Gasteiger partial charge in [-0.1, -0.05) is 0 Å². The van der Waals surface area contributed by atoms with Gasteiger partial charge in [-0.25, -0.2) is 0 Å². The average molecular weight is 222 g/mol. The molecule has 0 spiro atoms. The van der Waals surface area contributed by atoms with Gasteiger partial charge in [0.1, 0.15) is 6.10 Å². The highest BCUT2D eigenvalue weighted by atomic mass is 16.5. The minimum atomic E-state index is 0.258. The molecule has 0 aromatic carbocycles. The van der Waals surface area contributed by atoms with E-state index in [0.29, 0.717) is 6.61 Å². The predicted octanol–water partition coefficient (Wildman–Crippen LogP) is 1.56. The summed E-state index contributed by atoms with van der Waals surface area (Å²) in [5.41, 5.74) is 0. The van der Waals surface area contributed by atoms with Crippen LogP contribution in [0.3, 0.4) is 0 Å². The Bertz CT molecular complexity index is 344. The molecule has 0 N–H and O–H groups in total. The third-order valence-electron chi connectivity index (χ3n) is 2.69. The number of ether oxygens (including phenoxy) is 2. The molecule has 1 atom stereocenters. The minimum absolute atomic E-state index is 0.258. The SMILES string of the molecule is CCOc1ccncc1OC1CCN(C)C1. The normalized spacial score (nSPS) is 21.0. The molecule has 1 unspecified atom stereocenters. The zero-order valence-corrected chi connectivity index (χ0v) is 9.85. The Morgan fingerprint density at radius 3 is 3.06 bits per heavy atom. The van der Waals surface area contributed by atoms with Crippen molar-refractivity contribution in [1.29, 1.82) is 0 Å². The lowest BCUT2D eigenvalue weighted by molar-refractivity contribution is 0.195. The predicted molar refractivity (Wildman–Crippen MR) is 61.9 cm³/mol. The van der Waals surface area contributed by atoms with E-state index in [4.69, 9.17) is 9.47 Å². The van der Waals surface area contributed by atoms with Gasteiger partial charge >= 0.3 is 0 Å². The van der Waals surface area contributed by atoms with Crippen LogP contribution in [0.1, 0.15) is 13.3 Å². The molecule has 1 aromatic heterocycles. The van der Waals surface area contributed by atoms with Gasteiger partial charge in [0.15, 0.2) is 11.5 Å². The molecule has 88 valence electrons. The number of hydrogen-bond acceptors (Lipinski definition) is 4. The molecule has 0 radical (unpaired) electrons. The smallest absolute Gasteiger partial charge is 0.179 e. The van der Waals surface area contributed by atoms with E-state index in [1.54, 1.807) is 12.4 Å². The highest BCUT2D eigenvalue weighted by Gasteiger charge is 2.22. The highest BCUT2D eigenvalue weighted by Crippen LogP contribution is 2.27. The van der Waals surface area contributed by atoms with E-state index in [2.05, 4.69) is 16.9 Å². The van der Waals surface area contributed by atoms with Crippen LogP contribution in [0.4, 0.5) is 0 Å². The van der Waals surface area contributed by atoms with E-state index in [1.807, 2.05) is 13.0 Å². The molecule has 4 nitrogen and oxygen atoms in total. The number of aromatic nitrogens is 1. The number of pyridine rings is 1. The second-order valence-electron chi connectivity index (χ2n) is 4.05. The molecule has 1 aliphatic rings. The maximum absolute atomic E-state index is 5.90. The van der Waals surface area contributed by atoms with Crippen molar-refractivity contribution in [2.45, 2.75) is 19.4 Å². The maximum atomic E-state index is 5.90. The highest BCUT2D eigenvalue weighted by molar-refractivity contribution is 5.36. The summed E-state index contributed by atoms with van der Waals surface area (Å²) in [6.07, 6.45) is 4.77. The van der Waals surface area contributed by atoms with Crippen molar-refractivity contribution in [3.8, 4) is 11.5 Å². The maximum Gasteiger partial charge on any atom is 0.179 e. The molecule has 1 aliphatic heterocycles. The van der Waals surface area contributed by atoms with Crippen LogP contribution in [0.5, 0.6) is 11.5 Å². The van der Waals surface area contributed by atoms with Gasteiger partial charge in [0, 0.05) is 25.4 Å². The topological polar surface area (TPSA) is 34.6 Å². The van der Waals surface area contributed by atoms with Gasteiger partial charge in [-0.05, 0) is 20.4 Å². The van der Waals surface area contributed by atoms with E-state index in [1.165, 1.54) is 0 Å². The molecule has 1 aromatic rings. The number of hydrogen-bond donors (Lipinski definition) is 0. The van der Waals surface area contributed by atoms with E-state index < -0.39 is 0 Å². The summed E-state index contributed by atoms with van der Waals surface area (Å²) in [7, 11) is 2.11. The summed E-state index contributed by atoms with van der Waals surface area (Å²) in [5, 5.41) is 0. The molecule has 16 heavy (non-hydrogen) atoms. The summed E-state index contributed by atoms with van der Waals surface area (Å²) in [6.45, 7) is 4.67. The average Bonchev–Trinajstić information content (AvgIpc) is 2.67. The van der Waals surface area contributed by atoms with Crippen molar-refractivity contribution in [3.05, 3.63) is 18.5 Å². The van der Waals surface area contributed by atoms with E-state index in [9.17, 15) is 0 Å². The minimum Gasteiger partial charge on any atom is -0.490 e. The summed E-state index contributed by atoms with van der Waals surface area (Å²) in [5.74, 6) is 1.54. The van der Waals surface area contributed by atoms with Crippen LogP contribution in [-0.4, -0.2) is 42.7 Å². The van der Waals surface area contributed by atoms with Gasteiger partial charge in [-0.15, -0.1) is 0 Å².